The molecule has 0 aliphatic carbocycles. The Morgan fingerprint density at radius 1 is 1.22 bits per heavy atom. The van der Waals surface area contributed by atoms with Crippen molar-refractivity contribution >= 4 is 29.9 Å². The van der Waals surface area contributed by atoms with Crippen molar-refractivity contribution in [3.63, 3.8) is 0 Å². The number of nitrogens with zero attached hydrogens (tertiary/aromatic N) is 2. The van der Waals surface area contributed by atoms with Crippen LogP contribution in [0.25, 0.3) is 11.3 Å². The smallest absolute Gasteiger partial charge is 0.188 e. The Kier molecular flexibility index (Phi) is 9.35. The maximum Gasteiger partial charge on any atom is 0.188 e. The fourth-order valence-corrected chi connectivity index (χ4v) is 2.12. The highest BCUT2D eigenvalue weighted by molar-refractivity contribution is 14.0. The number of rotatable bonds is 8. The van der Waals surface area contributed by atoms with Gasteiger partial charge in [-0.2, -0.15) is 0 Å². The second kappa shape index (κ2) is 11.0. The molecule has 0 atom stereocenters. The summed E-state index contributed by atoms with van der Waals surface area (Å²) in [5.74, 6) is 1.21. The third kappa shape index (κ3) is 7.02. The van der Waals surface area contributed by atoms with Crippen LogP contribution in [-0.2, 0) is 6.54 Å². The fraction of sp³-hybridized carbons (Fsp3) is 0.412. The minimum Gasteiger partial charge on any atom is -0.370 e. The number of benzene rings is 1. The lowest BCUT2D eigenvalue weighted by Gasteiger charge is -2.04. The zero-order chi connectivity index (χ0) is 15.6. The van der Waals surface area contributed by atoms with Crippen LogP contribution in [0.2, 0.25) is 0 Å². The molecule has 2 rings (SSSR count). The lowest BCUT2D eigenvalue weighted by Crippen LogP contribution is -2.32. The third-order valence-electron chi connectivity index (χ3n) is 3.37. The van der Waals surface area contributed by atoms with Gasteiger partial charge in [0, 0.05) is 18.2 Å². The van der Waals surface area contributed by atoms with E-state index >= 15 is 0 Å². The summed E-state index contributed by atoms with van der Waals surface area (Å²) in [5, 5.41) is 7.14. The van der Waals surface area contributed by atoms with Crippen LogP contribution >= 0.6 is 24.0 Å². The van der Waals surface area contributed by atoms with Gasteiger partial charge in [0.1, 0.15) is 5.69 Å². The standard InChI is InChI=1S/C17H24N4O.HI/c1-2-3-4-8-11-19-17(18)20-13-15-12-16(22-21-15)14-9-6-5-7-10-14;/h5-7,9-10,12H,2-4,8,11,13H2,1H3,(H3,18,19,20);1H. The first-order valence-electron chi connectivity index (χ1n) is 7.84. The topological polar surface area (TPSA) is 76.4 Å². The molecule has 0 fully saturated rings. The Hall–Kier alpha value is -1.57. The Morgan fingerprint density at radius 2 is 2.00 bits per heavy atom. The lowest BCUT2D eigenvalue weighted by molar-refractivity contribution is 0.424. The van der Waals surface area contributed by atoms with Crippen LogP contribution in [0.4, 0.5) is 0 Å². The van der Waals surface area contributed by atoms with Crippen molar-refractivity contribution in [1.82, 2.24) is 10.5 Å². The van der Waals surface area contributed by atoms with Gasteiger partial charge < -0.3 is 15.6 Å². The van der Waals surface area contributed by atoms with Gasteiger partial charge in [-0.25, -0.2) is 4.99 Å². The first-order valence-corrected chi connectivity index (χ1v) is 7.84. The quantitative estimate of drug-likeness (QED) is 0.289. The van der Waals surface area contributed by atoms with E-state index in [9.17, 15) is 0 Å². The molecule has 0 bridgehead atoms. The number of guanidine groups is 1. The summed E-state index contributed by atoms with van der Waals surface area (Å²) in [7, 11) is 0. The van der Waals surface area contributed by atoms with Gasteiger partial charge in [-0.15, -0.1) is 24.0 Å². The van der Waals surface area contributed by atoms with Crippen molar-refractivity contribution in [2.75, 3.05) is 6.54 Å². The summed E-state index contributed by atoms with van der Waals surface area (Å²) in [5.41, 5.74) is 7.61. The Bertz CT molecular complexity index is 583. The van der Waals surface area contributed by atoms with Crippen molar-refractivity contribution < 1.29 is 4.52 Å². The molecular weight excluding hydrogens is 403 g/mol. The van der Waals surface area contributed by atoms with Crippen LogP contribution < -0.4 is 11.1 Å². The summed E-state index contributed by atoms with van der Waals surface area (Å²) in [6.45, 7) is 3.48. The molecule has 126 valence electrons. The SMILES string of the molecule is CCCCCCNC(N)=NCc1cc(-c2ccccc2)on1.I. The van der Waals surface area contributed by atoms with Gasteiger partial charge in [-0.3, -0.25) is 0 Å². The molecule has 2 aromatic rings. The number of nitrogens with two attached hydrogens (primary N) is 1. The fourth-order valence-electron chi connectivity index (χ4n) is 2.12. The van der Waals surface area contributed by atoms with E-state index in [1.54, 1.807) is 0 Å². The molecule has 3 N–H and O–H groups in total. The molecular formula is C17H25IN4O. The molecule has 0 aliphatic heterocycles. The molecule has 1 heterocycles. The van der Waals surface area contributed by atoms with E-state index in [0.29, 0.717) is 12.5 Å². The van der Waals surface area contributed by atoms with Crippen molar-refractivity contribution in [2.24, 2.45) is 10.7 Å². The predicted molar refractivity (Wildman–Crippen MR) is 105 cm³/mol. The number of hydrogen-bond donors (Lipinski definition) is 2. The summed E-state index contributed by atoms with van der Waals surface area (Å²) in [6, 6.07) is 11.8. The van der Waals surface area contributed by atoms with Gasteiger partial charge >= 0.3 is 0 Å². The highest BCUT2D eigenvalue weighted by Gasteiger charge is 2.05. The summed E-state index contributed by atoms with van der Waals surface area (Å²) in [6.07, 6.45) is 4.84. The Balaban J connectivity index is 0.00000264. The number of unbranched alkanes of at least 4 members (excludes halogenated alkanes) is 3. The van der Waals surface area contributed by atoms with E-state index in [1.807, 2.05) is 36.4 Å². The number of aliphatic imine (C=N–C) groups is 1. The van der Waals surface area contributed by atoms with E-state index in [4.69, 9.17) is 10.3 Å². The molecule has 5 nitrogen and oxygen atoms in total. The van der Waals surface area contributed by atoms with E-state index in [2.05, 4.69) is 22.4 Å². The molecule has 0 aliphatic rings. The molecule has 0 amide bonds. The van der Waals surface area contributed by atoms with Crippen molar-refractivity contribution in [3.05, 3.63) is 42.1 Å². The summed E-state index contributed by atoms with van der Waals surface area (Å²) in [4.78, 5) is 4.28. The van der Waals surface area contributed by atoms with Crippen LogP contribution in [0, 0.1) is 0 Å². The van der Waals surface area contributed by atoms with Gasteiger partial charge in [0.15, 0.2) is 11.7 Å². The minimum atomic E-state index is 0. The molecule has 0 spiro atoms. The minimum absolute atomic E-state index is 0. The monoisotopic (exact) mass is 428 g/mol. The average Bonchev–Trinajstić information content (AvgIpc) is 3.02. The number of aromatic nitrogens is 1. The second-order valence-electron chi connectivity index (χ2n) is 5.24. The van der Waals surface area contributed by atoms with Crippen molar-refractivity contribution in [3.8, 4) is 11.3 Å². The predicted octanol–water partition coefficient (Wildman–Crippen LogP) is 3.94. The highest BCUT2D eigenvalue weighted by Crippen LogP contribution is 2.19. The average molecular weight is 428 g/mol. The van der Waals surface area contributed by atoms with E-state index in [0.717, 1.165) is 30.0 Å². The first-order chi connectivity index (χ1) is 10.8. The summed E-state index contributed by atoms with van der Waals surface area (Å²) >= 11 is 0. The van der Waals surface area contributed by atoms with Gasteiger partial charge in [-0.1, -0.05) is 61.7 Å². The number of hydrogen-bond acceptors (Lipinski definition) is 3. The maximum atomic E-state index is 5.83. The molecule has 23 heavy (non-hydrogen) atoms. The van der Waals surface area contributed by atoms with Crippen LogP contribution in [0.1, 0.15) is 38.3 Å². The van der Waals surface area contributed by atoms with Crippen molar-refractivity contribution in [1.29, 1.82) is 0 Å². The second-order valence-corrected chi connectivity index (χ2v) is 5.24. The van der Waals surface area contributed by atoms with Gasteiger partial charge in [0.25, 0.3) is 0 Å². The Labute approximate surface area is 154 Å². The van der Waals surface area contributed by atoms with E-state index in [1.165, 1.54) is 19.3 Å². The highest BCUT2D eigenvalue weighted by atomic mass is 127. The largest absolute Gasteiger partial charge is 0.370 e. The number of nitrogens with one attached hydrogen (secondary N) is 1. The van der Waals surface area contributed by atoms with E-state index in [-0.39, 0.29) is 24.0 Å². The molecule has 1 aromatic heterocycles. The van der Waals surface area contributed by atoms with Crippen LogP contribution in [0.3, 0.4) is 0 Å². The maximum absolute atomic E-state index is 5.83. The third-order valence-corrected chi connectivity index (χ3v) is 3.37. The van der Waals surface area contributed by atoms with Gasteiger partial charge in [-0.05, 0) is 6.42 Å². The molecule has 6 heteroatoms. The summed E-state index contributed by atoms with van der Waals surface area (Å²) < 4.78 is 5.33. The first kappa shape index (κ1) is 19.5. The van der Waals surface area contributed by atoms with E-state index < -0.39 is 0 Å². The zero-order valence-corrected chi connectivity index (χ0v) is 15.8. The molecule has 0 unspecified atom stereocenters. The number of halogens is 1. The van der Waals surface area contributed by atoms with Crippen LogP contribution in [0.15, 0.2) is 45.9 Å². The molecule has 0 radical (unpaired) electrons. The molecule has 0 saturated heterocycles. The van der Waals surface area contributed by atoms with Crippen molar-refractivity contribution in [2.45, 2.75) is 39.2 Å². The lowest BCUT2D eigenvalue weighted by atomic mass is 10.2. The Morgan fingerprint density at radius 3 is 2.74 bits per heavy atom. The van der Waals surface area contributed by atoms with Gasteiger partial charge in [0.2, 0.25) is 0 Å². The zero-order valence-electron chi connectivity index (χ0n) is 13.5. The van der Waals surface area contributed by atoms with Crippen LogP contribution in [0.5, 0.6) is 0 Å². The molecule has 0 saturated carbocycles. The van der Waals surface area contributed by atoms with Crippen LogP contribution in [-0.4, -0.2) is 17.7 Å². The van der Waals surface area contributed by atoms with Gasteiger partial charge in [0.05, 0.1) is 6.54 Å². The molecule has 1 aromatic carbocycles. The normalized spacial score (nSPS) is 11.1.